The van der Waals surface area contributed by atoms with Gasteiger partial charge >= 0.3 is 0 Å². The molecule has 0 saturated heterocycles. The summed E-state index contributed by atoms with van der Waals surface area (Å²) in [5.74, 6) is 1.92. The number of fused-ring (bicyclic) bond motifs is 3. The number of nitrogens with zero attached hydrogens (tertiary/aromatic N) is 4. The minimum absolute atomic E-state index is 0.629. The molecule has 0 aliphatic heterocycles. The van der Waals surface area contributed by atoms with Crippen LogP contribution in [0.5, 0.6) is 0 Å². The molecule has 0 unspecified atom stereocenters. The van der Waals surface area contributed by atoms with Crippen LogP contribution in [0.3, 0.4) is 0 Å². The minimum atomic E-state index is 0.629. The van der Waals surface area contributed by atoms with Crippen LogP contribution in [0.4, 0.5) is 0 Å². The van der Waals surface area contributed by atoms with Gasteiger partial charge in [-0.3, -0.25) is 0 Å². The van der Waals surface area contributed by atoms with Gasteiger partial charge in [-0.1, -0.05) is 176 Å². The van der Waals surface area contributed by atoms with Crippen molar-refractivity contribution in [2.45, 2.75) is 0 Å². The first kappa shape index (κ1) is 32.2. The van der Waals surface area contributed by atoms with Crippen LogP contribution in [-0.4, -0.2) is 19.5 Å². The first-order chi connectivity index (χ1) is 27.2. The standard InChI is InChI=1S/C51H34N4/c1-4-14-35(15-5-1)36-26-28-37(29-27-36)40-20-12-21-41(32-40)42-30-31-46-45-24-10-11-25-47(45)55(48(46)34-42)44-23-13-22-43(33-44)51-53-49(38-16-6-2-7-17-38)52-50(54-51)39-18-8-3-9-19-39/h1-34H. The Morgan fingerprint density at radius 2 is 0.673 bits per heavy atom. The average Bonchev–Trinajstić information content (AvgIpc) is 3.61. The lowest BCUT2D eigenvalue weighted by Gasteiger charge is -2.12. The molecule has 0 spiro atoms. The molecule has 0 saturated carbocycles. The summed E-state index contributed by atoms with van der Waals surface area (Å²) in [7, 11) is 0. The Balaban J connectivity index is 1.07. The van der Waals surface area contributed by atoms with E-state index in [1.807, 2.05) is 60.7 Å². The predicted molar refractivity (Wildman–Crippen MR) is 227 cm³/mol. The second-order valence-electron chi connectivity index (χ2n) is 13.7. The molecule has 0 bridgehead atoms. The fraction of sp³-hybridized carbons (Fsp3) is 0. The fourth-order valence-electron chi connectivity index (χ4n) is 7.51. The molecule has 55 heavy (non-hydrogen) atoms. The molecule has 0 radical (unpaired) electrons. The van der Waals surface area contributed by atoms with E-state index in [1.54, 1.807) is 0 Å². The number of hydrogen-bond donors (Lipinski definition) is 0. The van der Waals surface area contributed by atoms with Crippen molar-refractivity contribution < 1.29 is 0 Å². The highest BCUT2D eigenvalue weighted by molar-refractivity contribution is 6.10. The van der Waals surface area contributed by atoms with Crippen LogP contribution in [0, 0.1) is 0 Å². The second-order valence-corrected chi connectivity index (χ2v) is 13.7. The van der Waals surface area contributed by atoms with Gasteiger partial charge in [-0.05, 0) is 63.7 Å². The molecule has 0 atom stereocenters. The van der Waals surface area contributed by atoms with E-state index in [2.05, 4.69) is 150 Å². The lowest BCUT2D eigenvalue weighted by molar-refractivity contribution is 1.07. The maximum Gasteiger partial charge on any atom is 0.164 e. The largest absolute Gasteiger partial charge is 0.309 e. The Bertz CT molecular complexity index is 2890. The maximum absolute atomic E-state index is 5.02. The summed E-state index contributed by atoms with van der Waals surface area (Å²) < 4.78 is 2.36. The first-order valence-electron chi connectivity index (χ1n) is 18.5. The normalized spacial score (nSPS) is 11.3. The van der Waals surface area contributed by atoms with Gasteiger partial charge in [-0.2, -0.15) is 0 Å². The topological polar surface area (TPSA) is 43.6 Å². The monoisotopic (exact) mass is 702 g/mol. The maximum atomic E-state index is 5.02. The van der Waals surface area contributed by atoms with Crippen molar-refractivity contribution in [1.82, 2.24) is 19.5 Å². The van der Waals surface area contributed by atoms with E-state index in [9.17, 15) is 0 Å². The summed E-state index contributed by atoms with van der Waals surface area (Å²) in [4.78, 5) is 15.0. The molecule has 0 N–H and O–H groups in total. The fourth-order valence-corrected chi connectivity index (χ4v) is 7.51. The van der Waals surface area contributed by atoms with Crippen molar-refractivity contribution >= 4 is 21.8 Å². The third-order valence-corrected chi connectivity index (χ3v) is 10.3. The van der Waals surface area contributed by atoms with Crippen molar-refractivity contribution in [3.8, 4) is 73.2 Å². The minimum Gasteiger partial charge on any atom is -0.309 e. The Labute approximate surface area is 319 Å². The third kappa shape index (κ3) is 6.16. The molecule has 8 aromatic carbocycles. The van der Waals surface area contributed by atoms with Crippen molar-refractivity contribution in [3.05, 3.63) is 206 Å². The Kier molecular flexibility index (Phi) is 8.12. The number of rotatable bonds is 7. The summed E-state index contributed by atoms with van der Waals surface area (Å²) in [6.45, 7) is 0. The van der Waals surface area contributed by atoms with Crippen LogP contribution in [-0.2, 0) is 0 Å². The third-order valence-electron chi connectivity index (χ3n) is 10.3. The lowest BCUT2D eigenvalue weighted by atomic mass is 9.96. The summed E-state index contributed by atoms with van der Waals surface area (Å²) >= 11 is 0. The molecule has 2 heterocycles. The molecule has 10 rings (SSSR count). The quantitative estimate of drug-likeness (QED) is 0.166. The molecular weight excluding hydrogens is 669 g/mol. The number of aromatic nitrogens is 4. The van der Waals surface area contributed by atoms with Crippen LogP contribution in [0.15, 0.2) is 206 Å². The predicted octanol–water partition coefficient (Wildman–Crippen LogP) is 13.0. The molecular formula is C51H34N4. The second kappa shape index (κ2) is 13.8. The van der Waals surface area contributed by atoms with Crippen LogP contribution in [0.1, 0.15) is 0 Å². The molecule has 0 aliphatic rings. The highest BCUT2D eigenvalue weighted by Crippen LogP contribution is 2.37. The highest BCUT2D eigenvalue weighted by atomic mass is 15.0. The number of hydrogen-bond acceptors (Lipinski definition) is 3. The molecule has 10 aromatic rings. The Hall–Kier alpha value is -7.43. The molecule has 0 fully saturated rings. The van der Waals surface area contributed by atoms with Crippen molar-refractivity contribution in [2.24, 2.45) is 0 Å². The van der Waals surface area contributed by atoms with Gasteiger partial charge in [-0.15, -0.1) is 0 Å². The van der Waals surface area contributed by atoms with Gasteiger partial charge in [0, 0.05) is 33.2 Å². The van der Waals surface area contributed by atoms with Gasteiger partial charge in [0.1, 0.15) is 0 Å². The van der Waals surface area contributed by atoms with Crippen molar-refractivity contribution in [2.75, 3.05) is 0 Å². The van der Waals surface area contributed by atoms with Crippen LogP contribution in [0.2, 0.25) is 0 Å². The van der Waals surface area contributed by atoms with E-state index in [-0.39, 0.29) is 0 Å². The molecule has 4 nitrogen and oxygen atoms in total. The first-order valence-corrected chi connectivity index (χ1v) is 18.5. The zero-order valence-corrected chi connectivity index (χ0v) is 29.9. The average molecular weight is 703 g/mol. The van der Waals surface area contributed by atoms with E-state index in [0.29, 0.717) is 17.5 Å². The zero-order valence-electron chi connectivity index (χ0n) is 29.9. The molecule has 258 valence electrons. The molecule has 4 heteroatoms. The van der Waals surface area contributed by atoms with Gasteiger partial charge in [0.15, 0.2) is 17.5 Å². The van der Waals surface area contributed by atoms with E-state index < -0.39 is 0 Å². The molecule has 2 aromatic heterocycles. The van der Waals surface area contributed by atoms with Crippen molar-refractivity contribution in [1.29, 1.82) is 0 Å². The van der Waals surface area contributed by atoms with E-state index >= 15 is 0 Å². The Morgan fingerprint density at radius 1 is 0.255 bits per heavy atom. The van der Waals surface area contributed by atoms with Gasteiger partial charge < -0.3 is 4.57 Å². The van der Waals surface area contributed by atoms with E-state index in [1.165, 1.54) is 38.6 Å². The van der Waals surface area contributed by atoms with E-state index in [4.69, 9.17) is 15.0 Å². The van der Waals surface area contributed by atoms with Gasteiger partial charge in [-0.25, -0.2) is 15.0 Å². The van der Waals surface area contributed by atoms with Crippen LogP contribution < -0.4 is 0 Å². The Morgan fingerprint density at radius 3 is 1.33 bits per heavy atom. The van der Waals surface area contributed by atoms with Gasteiger partial charge in [0.2, 0.25) is 0 Å². The van der Waals surface area contributed by atoms with Crippen LogP contribution in [0.25, 0.3) is 95.0 Å². The van der Waals surface area contributed by atoms with Crippen molar-refractivity contribution in [3.63, 3.8) is 0 Å². The lowest BCUT2D eigenvalue weighted by Crippen LogP contribution is -2.01. The number of para-hydroxylation sites is 1. The summed E-state index contributed by atoms with van der Waals surface area (Å²) in [5.41, 5.74) is 13.3. The summed E-state index contributed by atoms with van der Waals surface area (Å²) in [5, 5.41) is 2.41. The molecule has 0 aliphatic carbocycles. The SMILES string of the molecule is c1ccc(-c2ccc(-c3cccc(-c4ccc5c6ccccc6n(-c6cccc(-c7nc(-c8ccccc8)nc(-c8ccccc8)n7)c6)c5c4)c3)cc2)cc1. The highest BCUT2D eigenvalue weighted by Gasteiger charge is 2.16. The van der Waals surface area contributed by atoms with E-state index in [0.717, 1.165) is 39.0 Å². The smallest absolute Gasteiger partial charge is 0.164 e. The summed E-state index contributed by atoms with van der Waals surface area (Å²) in [6.07, 6.45) is 0. The van der Waals surface area contributed by atoms with Gasteiger partial charge in [0.25, 0.3) is 0 Å². The number of benzene rings is 8. The zero-order chi connectivity index (χ0) is 36.6. The van der Waals surface area contributed by atoms with Crippen LogP contribution >= 0.6 is 0 Å². The van der Waals surface area contributed by atoms with Gasteiger partial charge in [0.05, 0.1) is 11.0 Å². The molecule has 0 amide bonds. The summed E-state index contributed by atoms with van der Waals surface area (Å²) in [6, 6.07) is 72.4.